The predicted molar refractivity (Wildman–Crippen MR) is 91.2 cm³/mol. The number of ether oxygens (including phenoxy) is 2. The van der Waals surface area contributed by atoms with Crippen molar-refractivity contribution in [1.29, 1.82) is 0 Å². The Hall–Kier alpha value is -2.02. The van der Waals surface area contributed by atoms with Crippen molar-refractivity contribution in [3.8, 4) is 11.5 Å². The van der Waals surface area contributed by atoms with Crippen LogP contribution in [0.2, 0.25) is 0 Å². The highest BCUT2D eigenvalue weighted by Gasteiger charge is 2.31. The average Bonchev–Trinajstić information content (AvgIpc) is 3.28. The molecule has 2 aliphatic rings. The maximum Gasteiger partial charge on any atom is 0.267 e. The van der Waals surface area contributed by atoms with E-state index >= 15 is 0 Å². The molecular formula is C17H21N3O3S. The Morgan fingerprint density at radius 2 is 2.33 bits per heavy atom. The Labute approximate surface area is 144 Å². The summed E-state index contributed by atoms with van der Waals surface area (Å²) in [5.41, 5.74) is 2.43. The molecule has 0 bridgehead atoms. The zero-order valence-electron chi connectivity index (χ0n) is 13.7. The van der Waals surface area contributed by atoms with Gasteiger partial charge in [-0.3, -0.25) is 9.89 Å². The lowest BCUT2D eigenvalue weighted by molar-refractivity contribution is 0.0702. The monoisotopic (exact) mass is 347 g/mol. The van der Waals surface area contributed by atoms with Crippen molar-refractivity contribution < 1.29 is 14.3 Å². The summed E-state index contributed by atoms with van der Waals surface area (Å²) < 4.78 is 11.2. The molecule has 2 aromatic heterocycles. The highest BCUT2D eigenvalue weighted by atomic mass is 32.1. The van der Waals surface area contributed by atoms with E-state index in [1.54, 1.807) is 0 Å². The van der Waals surface area contributed by atoms with Crippen LogP contribution in [-0.2, 0) is 6.42 Å². The Balaban J connectivity index is 1.54. The Morgan fingerprint density at radius 3 is 3.21 bits per heavy atom. The molecule has 1 atom stereocenters. The molecule has 128 valence electrons. The molecule has 7 heteroatoms. The molecule has 0 radical (unpaired) electrons. The Bertz CT molecular complexity index is 739. The first-order chi connectivity index (χ1) is 11.8. The van der Waals surface area contributed by atoms with Crippen LogP contribution in [-0.4, -0.2) is 47.3 Å². The van der Waals surface area contributed by atoms with E-state index in [-0.39, 0.29) is 5.91 Å². The van der Waals surface area contributed by atoms with Crippen LogP contribution in [0.5, 0.6) is 11.5 Å². The summed E-state index contributed by atoms with van der Waals surface area (Å²) in [4.78, 5) is 15.6. The summed E-state index contributed by atoms with van der Waals surface area (Å²) in [5.74, 6) is 1.70. The molecule has 0 aliphatic carbocycles. The van der Waals surface area contributed by atoms with Gasteiger partial charge in [-0.25, -0.2) is 0 Å². The van der Waals surface area contributed by atoms with Crippen molar-refractivity contribution in [2.75, 3.05) is 26.3 Å². The number of aryl methyl sites for hydroxylation is 1. The van der Waals surface area contributed by atoms with Crippen LogP contribution in [0, 0.1) is 0 Å². The molecule has 1 fully saturated rings. The molecule has 4 heterocycles. The fourth-order valence-corrected chi connectivity index (χ4v) is 4.40. The third-order valence-corrected chi connectivity index (χ3v) is 5.67. The van der Waals surface area contributed by atoms with E-state index < -0.39 is 0 Å². The van der Waals surface area contributed by atoms with Crippen molar-refractivity contribution in [2.24, 2.45) is 0 Å². The van der Waals surface area contributed by atoms with Gasteiger partial charge in [0.05, 0.1) is 6.20 Å². The van der Waals surface area contributed by atoms with E-state index in [1.807, 2.05) is 16.5 Å². The quantitative estimate of drug-likeness (QED) is 0.927. The van der Waals surface area contributed by atoms with Crippen LogP contribution in [0.15, 0.2) is 11.6 Å². The van der Waals surface area contributed by atoms with E-state index in [0.29, 0.717) is 35.5 Å². The summed E-state index contributed by atoms with van der Waals surface area (Å²) in [6, 6.07) is 0. The molecule has 1 amide bonds. The number of carbonyl (C=O) groups is 1. The molecule has 1 unspecified atom stereocenters. The lowest BCUT2D eigenvalue weighted by Gasteiger charge is -2.32. The number of nitrogens with one attached hydrogen (secondary N) is 1. The Kier molecular flexibility index (Phi) is 4.18. The molecule has 0 saturated carbocycles. The fourth-order valence-electron chi connectivity index (χ4n) is 3.51. The van der Waals surface area contributed by atoms with Crippen LogP contribution < -0.4 is 9.47 Å². The lowest BCUT2D eigenvalue weighted by atomic mass is 9.92. The molecular weight excluding hydrogens is 326 g/mol. The molecule has 4 rings (SSSR count). The SMILES string of the molecule is CCc1cn[nH]c1C1CCCN(C(=O)c2scc3c2OCCO3)C1. The fraction of sp³-hybridized carbons (Fsp3) is 0.529. The summed E-state index contributed by atoms with van der Waals surface area (Å²) in [5, 5.41) is 9.19. The van der Waals surface area contributed by atoms with Gasteiger partial charge in [0.2, 0.25) is 0 Å². The number of fused-ring (bicyclic) bond motifs is 1. The number of nitrogens with zero attached hydrogens (tertiary/aromatic N) is 2. The highest BCUT2D eigenvalue weighted by Crippen LogP contribution is 2.40. The summed E-state index contributed by atoms with van der Waals surface area (Å²) in [6.45, 7) is 4.69. The van der Waals surface area contributed by atoms with Gasteiger partial charge in [-0.05, 0) is 24.8 Å². The van der Waals surface area contributed by atoms with E-state index in [1.165, 1.54) is 22.6 Å². The van der Waals surface area contributed by atoms with E-state index in [0.717, 1.165) is 32.4 Å². The first-order valence-electron chi connectivity index (χ1n) is 8.46. The molecule has 0 spiro atoms. The number of hydrogen-bond acceptors (Lipinski definition) is 5. The van der Waals surface area contributed by atoms with E-state index in [4.69, 9.17) is 9.47 Å². The number of piperidine rings is 1. The first-order valence-corrected chi connectivity index (χ1v) is 9.34. The van der Waals surface area contributed by atoms with Gasteiger partial charge in [0.25, 0.3) is 5.91 Å². The van der Waals surface area contributed by atoms with Gasteiger partial charge in [0.15, 0.2) is 11.5 Å². The molecule has 6 nitrogen and oxygen atoms in total. The number of aromatic amines is 1. The van der Waals surface area contributed by atoms with Gasteiger partial charge < -0.3 is 14.4 Å². The van der Waals surface area contributed by atoms with Crippen molar-refractivity contribution >= 4 is 17.2 Å². The Morgan fingerprint density at radius 1 is 1.46 bits per heavy atom. The van der Waals surface area contributed by atoms with Crippen molar-refractivity contribution in [3.63, 3.8) is 0 Å². The van der Waals surface area contributed by atoms with Crippen LogP contribution in [0.25, 0.3) is 0 Å². The molecule has 2 aromatic rings. The number of aromatic nitrogens is 2. The number of amides is 1. The second-order valence-corrected chi connectivity index (χ2v) is 7.09. The molecule has 0 aromatic carbocycles. The van der Waals surface area contributed by atoms with Crippen LogP contribution in [0.1, 0.15) is 46.6 Å². The van der Waals surface area contributed by atoms with Crippen molar-refractivity contribution in [1.82, 2.24) is 15.1 Å². The second-order valence-electron chi connectivity index (χ2n) is 6.21. The number of likely N-dealkylation sites (tertiary alicyclic amines) is 1. The van der Waals surface area contributed by atoms with Crippen LogP contribution in [0.3, 0.4) is 0 Å². The first kappa shape index (κ1) is 15.5. The number of thiophene rings is 1. The molecule has 1 N–H and O–H groups in total. The van der Waals surface area contributed by atoms with Gasteiger partial charge in [-0.1, -0.05) is 6.92 Å². The van der Waals surface area contributed by atoms with Crippen LogP contribution >= 0.6 is 11.3 Å². The standard InChI is InChI=1S/C17H21N3O3S/c1-2-11-8-18-19-14(11)12-4-3-5-20(9-12)17(21)16-15-13(10-24-16)22-6-7-23-15/h8,10,12H,2-7,9H2,1H3,(H,18,19). The minimum absolute atomic E-state index is 0.0500. The lowest BCUT2D eigenvalue weighted by Crippen LogP contribution is -2.39. The van der Waals surface area contributed by atoms with E-state index in [9.17, 15) is 4.79 Å². The third kappa shape index (κ3) is 2.66. The smallest absolute Gasteiger partial charge is 0.267 e. The largest absolute Gasteiger partial charge is 0.485 e. The van der Waals surface area contributed by atoms with Crippen molar-refractivity contribution in [3.05, 3.63) is 27.7 Å². The van der Waals surface area contributed by atoms with Gasteiger partial charge in [0.1, 0.15) is 18.1 Å². The van der Waals surface area contributed by atoms with Crippen molar-refractivity contribution in [2.45, 2.75) is 32.1 Å². The number of H-pyrrole nitrogens is 1. The molecule has 2 aliphatic heterocycles. The maximum atomic E-state index is 13.0. The number of carbonyl (C=O) groups excluding carboxylic acids is 1. The second kappa shape index (κ2) is 6.47. The topological polar surface area (TPSA) is 67.5 Å². The summed E-state index contributed by atoms with van der Waals surface area (Å²) >= 11 is 1.41. The van der Waals surface area contributed by atoms with Gasteiger partial charge >= 0.3 is 0 Å². The third-order valence-electron chi connectivity index (χ3n) is 4.74. The van der Waals surface area contributed by atoms with Gasteiger partial charge in [-0.2, -0.15) is 5.10 Å². The van der Waals surface area contributed by atoms with Crippen LogP contribution in [0.4, 0.5) is 0 Å². The number of hydrogen-bond donors (Lipinski definition) is 1. The average molecular weight is 347 g/mol. The zero-order valence-corrected chi connectivity index (χ0v) is 14.5. The van der Waals surface area contributed by atoms with Gasteiger partial charge in [0, 0.05) is 30.1 Å². The minimum atomic E-state index is 0.0500. The molecule has 24 heavy (non-hydrogen) atoms. The van der Waals surface area contributed by atoms with Gasteiger partial charge in [-0.15, -0.1) is 11.3 Å². The predicted octanol–water partition coefficient (Wildman–Crippen LogP) is 2.82. The number of rotatable bonds is 3. The minimum Gasteiger partial charge on any atom is -0.485 e. The normalized spacial score (nSPS) is 20.2. The summed E-state index contributed by atoms with van der Waals surface area (Å²) in [7, 11) is 0. The highest BCUT2D eigenvalue weighted by molar-refractivity contribution is 7.12. The summed E-state index contributed by atoms with van der Waals surface area (Å²) in [6.07, 6.45) is 4.95. The zero-order chi connectivity index (χ0) is 16.5. The maximum absolute atomic E-state index is 13.0. The van der Waals surface area contributed by atoms with E-state index in [2.05, 4.69) is 17.1 Å². The molecule has 1 saturated heterocycles.